The molecule has 218 valence electrons. The molecule has 1 saturated heterocycles. The van der Waals surface area contributed by atoms with Gasteiger partial charge >= 0.3 is 5.97 Å². The number of hydrogen-bond acceptors (Lipinski definition) is 8. The summed E-state index contributed by atoms with van der Waals surface area (Å²) >= 11 is 0. The fraction of sp³-hybridized carbons (Fsp3) is 0.258. The number of likely N-dealkylation sites (tertiary alicyclic amines) is 1. The van der Waals surface area contributed by atoms with Crippen LogP contribution in [0.1, 0.15) is 50.1 Å². The molecule has 11 heteroatoms. The van der Waals surface area contributed by atoms with E-state index in [1.54, 1.807) is 50.6 Å². The smallest absolute Gasteiger partial charge is 0.374 e. The molecule has 1 aliphatic heterocycles. The predicted molar refractivity (Wildman–Crippen MR) is 148 cm³/mol. The highest BCUT2D eigenvalue weighted by molar-refractivity contribution is 5.95. The second-order valence-corrected chi connectivity index (χ2v) is 9.69. The number of aromatic carboxylic acids is 1. The molecule has 5 rings (SSSR count). The van der Waals surface area contributed by atoms with Crippen LogP contribution >= 0.6 is 0 Å². The Bertz CT molecular complexity index is 1550. The fourth-order valence-corrected chi connectivity index (χ4v) is 4.65. The molecule has 4 aromatic rings. The van der Waals surface area contributed by atoms with Crippen LogP contribution in [0.15, 0.2) is 71.3 Å². The Labute approximate surface area is 241 Å². The molecule has 0 saturated carbocycles. The Balaban J connectivity index is 1.36. The average Bonchev–Trinajstić information content (AvgIpc) is 3.71. The highest BCUT2D eigenvalue weighted by Gasteiger charge is 2.33. The van der Waals surface area contributed by atoms with Gasteiger partial charge in [0.1, 0.15) is 24.7 Å². The summed E-state index contributed by atoms with van der Waals surface area (Å²) < 4.78 is 43.1. The summed E-state index contributed by atoms with van der Waals surface area (Å²) in [6.07, 6.45) is 0.531. The SMILES string of the molecule is COc1ccc(COc2ccc(C(=O)N3CCC(c4cc(C(=O)O)on4)C3)c(F)c2OCc2ccc(OC)cc2)cc1. The molecule has 1 N–H and O–H groups in total. The van der Waals surface area contributed by atoms with Gasteiger partial charge in [-0.1, -0.05) is 29.4 Å². The van der Waals surface area contributed by atoms with Crippen molar-refractivity contribution in [2.24, 2.45) is 0 Å². The minimum absolute atomic E-state index is 0.0291. The predicted octanol–water partition coefficient (Wildman–Crippen LogP) is 5.32. The lowest BCUT2D eigenvalue weighted by atomic mass is 10.1. The van der Waals surface area contributed by atoms with Crippen molar-refractivity contribution in [1.82, 2.24) is 10.1 Å². The van der Waals surface area contributed by atoms with Crippen LogP contribution in [0, 0.1) is 5.82 Å². The molecule has 1 aliphatic rings. The normalized spacial score (nSPS) is 14.5. The van der Waals surface area contributed by atoms with Gasteiger partial charge in [-0.05, 0) is 53.9 Å². The lowest BCUT2D eigenvalue weighted by Gasteiger charge is -2.19. The summed E-state index contributed by atoms with van der Waals surface area (Å²) in [4.78, 5) is 26.1. The topological polar surface area (TPSA) is 121 Å². The van der Waals surface area contributed by atoms with Crippen molar-refractivity contribution in [3.63, 3.8) is 0 Å². The third kappa shape index (κ3) is 6.30. The summed E-state index contributed by atoms with van der Waals surface area (Å²) in [7, 11) is 3.15. The maximum Gasteiger partial charge on any atom is 0.374 e. The minimum Gasteiger partial charge on any atom is -0.497 e. The van der Waals surface area contributed by atoms with Crippen LogP contribution in [-0.2, 0) is 13.2 Å². The molecule has 1 atom stereocenters. The molecule has 0 bridgehead atoms. The maximum absolute atomic E-state index is 16.0. The molecule has 10 nitrogen and oxygen atoms in total. The number of carbonyl (C=O) groups excluding carboxylic acids is 1. The van der Waals surface area contributed by atoms with Gasteiger partial charge in [0.05, 0.1) is 25.5 Å². The van der Waals surface area contributed by atoms with Gasteiger partial charge in [0.2, 0.25) is 5.76 Å². The Morgan fingerprint density at radius 3 is 2.14 bits per heavy atom. The Morgan fingerprint density at radius 1 is 0.952 bits per heavy atom. The molecule has 3 aromatic carbocycles. The first-order chi connectivity index (χ1) is 20.4. The van der Waals surface area contributed by atoms with E-state index in [-0.39, 0.29) is 48.5 Å². The van der Waals surface area contributed by atoms with Crippen molar-refractivity contribution in [3.8, 4) is 23.0 Å². The maximum atomic E-state index is 16.0. The van der Waals surface area contributed by atoms with E-state index in [1.807, 2.05) is 12.1 Å². The number of rotatable bonds is 11. The van der Waals surface area contributed by atoms with Gasteiger partial charge in [0, 0.05) is 25.1 Å². The van der Waals surface area contributed by atoms with E-state index in [4.69, 9.17) is 28.6 Å². The summed E-state index contributed by atoms with van der Waals surface area (Å²) in [6, 6.07) is 18.7. The monoisotopic (exact) mass is 576 g/mol. The number of hydrogen-bond donors (Lipinski definition) is 1. The number of amides is 1. The molecule has 1 aromatic heterocycles. The van der Waals surface area contributed by atoms with Gasteiger partial charge in [-0.25, -0.2) is 9.18 Å². The number of benzene rings is 3. The van der Waals surface area contributed by atoms with E-state index in [0.29, 0.717) is 30.2 Å². The zero-order valence-corrected chi connectivity index (χ0v) is 23.0. The Kier molecular flexibility index (Phi) is 8.56. The summed E-state index contributed by atoms with van der Waals surface area (Å²) in [6.45, 7) is 0.748. The zero-order chi connectivity index (χ0) is 29.6. The van der Waals surface area contributed by atoms with Crippen LogP contribution in [0.3, 0.4) is 0 Å². The van der Waals surface area contributed by atoms with Gasteiger partial charge in [-0.2, -0.15) is 0 Å². The molecule has 42 heavy (non-hydrogen) atoms. The number of nitrogens with zero attached hydrogens (tertiary/aromatic N) is 2. The van der Waals surface area contributed by atoms with E-state index in [0.717, 1.165) is 11.1 Å². The molecule has 1 amide bonds. The van der Waals surface area contributed by atoms with Gasteiger partial charge in [-0.3, -0.25) is 4.79 Å². The number of methoxy groups -OCH3 is 2. The van der Waals surface area contributed by atoms with Crippen molar-refractivity contribution in [3.05, 3.63) is 101 Å². The first kappa shape index (κ1) is 28.5. The van der Waals surface area contributed by atoms with Crippen LogP contribution < -0.4 is 18.9 Å². The van der Waals surface area contributed by atoms with Crippen molar-refractivity contribution in [1.29, 1.82) is 0 Å². The van der Waals surface area contributed by atoms with Crippen molar-refractivity contribution in [2.75, 3.05) is 27.3 Å². The summed E-state index contributed by atoms with van der Waals surface area (Å²) in [5.74, 6) is -1.73. The third-order valence-electron chi connectivity index (χ3n) is 7.02. The second-order valence-electron chi connectivity index (χ2n) is 9.69. The minimum atomic E-state index is -1.22. The Hall–Kier alpha value is -5.06. The van der Waals surface area contributed by atoms with Crippen molar-refractivity contribution < 1.29 is 42.6 Å². The van der Waals surface area contributed by atoms with Gasteiger partial charge < -0.3 is 33.5 Å². The molecule has 1 unspecified atom stereocenters. The largest absolute Gasteiger partial charge is 0.497 e. The molecule has 0 spiro atoms. The summed E-state index contributed by atoms with van der Waals surface area (Å²) in [5.41, 5.74) is 1.88. The number of carboxylic acids is 1. The first-order valence-corrected chi connectivity index (χ1v) is 13.2. The van der Waals surface area contributed by atoms with E-state index < -0.39 is 17.7 Å². The van der Waals surface area contributed by atoms with Crippen molar-refractivity contribution >= 4 is 11.9 Å². The first-order valence-electron chi connectivity index (χ1n) is 13.2. The van der Waals surface area contributed by atoms with Crippen LogP contribution in [0.2, 0.25) is 0 Å². The molecule has 0 aliphatic carbocycles. The number of carbonyl (C=O) groups is 2. The molecular formula is C31H29FN2O8. The standard InChI is InChI=1S/C31H29FN2O8/c1-38-22-7-3-19(4-8-22)17-40-26-12-11-24(28(32)29(26)41-18-20-5-9-23(39-2)10-6-20)30(35)34-14-13-21(16-34)25-15-27(31(36)37)42-33-25/h3-12,15,21H,13-14,16-18H2,1-2H3,(H,36,37). The number of carboxylic acid groups (broad SMARTS) is 1. The Morgan fingerprint density at radius 2 is 1.57 bits per heavy atom. The lowest BCUT2D eigenvalue weighted by molar-refractivity contribution is 0.0651. The number of ether oxygens (including phenoxy) is 4. The highest BCUT2D eigenvalue weighted by Crippen LogP contribution is 2.36. The highest BCUT2D eigenvalue weighted by atomic mass is 19.1. The quantitative estimate of drug-likeness (QED) is 0.253. The number of halogens is 1. The van der Waals surface area contributed by atoms with Crippen LogP contribution in [0.25, 0.3) is 0 Å². The average molecular weight is 577 g/mol. The molecule has 2 heterocycles. The summed E-state index contributed by atoms with van der Waals surface area (Å²) in [5, 5.41) is 12.9. The van der Waals surface area contributed by atoms with Crippen molar-refractivity contribution in [2.45, 2.75) is 25.6 Å². The van der Waals surface area contributed by atoms with Crippen LogP contribution in [-0.4, -0.2) is 54.3 Å². The molecular weight excluding hydrogens is 547 g/mol. The van der Waals surface area contributed by atoms with Gasteiger partial charge in [0.15, 0.2) is 17.3 Å². The number of aromatic nitrogens is 1. The van der Waals surface area contributed by atoms with Gasteiger partial charge in [-0.15, -0.1) is 0 Å². The molecule has 0 radical (unpaired) electrons. The van der Waals surface area contributed by atoms with E-state index in [2.05, 4.69) is 5.16 Å². The third-order valence-corrected chi connectivity index (χ3v) is 7.02. The van der Waals surface area contributed by atoms with Crippen LogP contribution in [0.5, 0.6) is 23.0 Å². The molecule has 1 fully saturated rings. The second kappa shape index (κ2) is 12.6. The lowest BCUT2D eigenvalue weighted by Crippen LogP contribution is -2.29. The van der Waals surface area contributed by atoms with Crippen LogP contribution in [0.4, 0.5) is 4.39 Å². The fourth-order valence-electron chi connectivity index (χ4n) is 4.65. The van der Waals surface area contributed by atoms with E-state index in [9.17, 15) is 9.59 Å². The van der Waals surface area contributed by atoms with Gasteiger partial charge in [0.25, 0.3) is 5.91 Å². The zero-order valence-electron chi connectivity index (χ0n) is 23.0. The van der Waals surface area contributed by atoms with E-state index >= 15 is 4.39 Å². The van der Waals surface area contributed by atoms with E-state index in [1.165, 1.54) is 23.1 Å².